The number of piperidine rings is 1. The van der Waals surface area contributed by atoms with Crippen molar-refractivity contribution in [1.29, 1.82) is 5.26 Å². The normalized spacial score (nSPS) is 17.1. The number of pyridine rings is 1. The largest absolute Gasteiger partial charge is 0.380 e. The van der Waals surface area contributed by atoms with Gasteiger partial charge < -0.3 is 15.1 Å². The Bertz CT molecular complexity index is 1470. The molecule has 3 aromatic heterocycles. The molecule has 0 spiro atoms. The van der Waals surface area contributed by atoms with Crippen molar-refractivity contribution in [3.8, 4) is 17.3 Å². The zero-order valence-corrected chi connectivity index (χ0v) is 21.1. The molecule has 0 bridgehead atoms. The van der Waals surface area contributed by atoms with Gasteiger partial charge in [-0.1, -0.05) is 17.9 Å². The second kappa shape index (κ2) is 9.74. The molecule has 0 aromatic carbocycles. The molecule has 2 aliphatic heterocycles. The first kappa shape index (κ1) is 25.1. The van der Waals surface area contributed by atoms with Crippen LogP contribution in [0.2, 0.25) is 0 Å². The molecular weight excluding hydrogens is 489 g/mol. The summed E-state index contributed by atoms with van der Waals surface area (Å²) in [6, 6.07) is 4.10. The molecule has 5 heterocycles. The highest BCUT2D eigenvalue weighted by atomic mass is 19.1. The molecule has 0 aliphatic carbocycles. The van der Waals surface area contributed by atoms with Gasteiger partial charge in [-0.15, -0.1) is 11.7 Å². The number of hydrogen-bond donors (Lipinski definition) is 1. The summed E-state index contributed by atoms with van der Waals surface area (Å²) in [6.07, 6.45) is 7.41. The van der Waals surface area contributed by atoms with E-state index in [1.807, 2.05) is 23.9 Å². The Morgan fingerprint density at radius 3 is 2.68 bits per heavy atom. The van der Waals surface area contributed by atoms with Gasteiger partial charge in [-0.05, 0) is 31.9 Å². The highest BCUT2D eigenvalue weighted by molar-refractivity contribution is 5.93. The lowest BCUT2D eigenvalue weighted by Crippen LogP contribution is -2.68. The van der Waals surface area contributed by atoms with Crippen LogP contribution < -0.4 is 5.32 Å². The average Bonchev–Trinajstić information content (AvgIpc) is 3.52. The number of hydrogen-bond acceptors (Lipinski definition) is 7. The average molecular weight is 518 g/mol. The van der Waals surface area contributed by atoms with Crippen LogP contribution in [0.25, 0.3) is 16.8 Å². The number of halogens is 1. The second-order valence-electron chi connectivity index (χ2n) is 9.63. The van der Waals surface area contributed by atoms with Gasteiger partial charge in [-0.25, -0.2) is 13.6 Å². The Morgan fingerprint density at radius 2 is 2.03 bits per heavy atom. The van der Waals surface area contributed by atoms with Gasteiger partial charge in [0.25, 0.3) is 5.91 Å². The fourth-order valence-electron chi connectivity index (χ4n) is 5.18. The standard InChI is InChI=1S/C26H28FN9O2/c1-4-8-29-21-11-18(14-35-24(21)19(12-28)13-30-35)23-17(3)36(32-31-23)20-6-9-33(10-7-20)25(38)26(27)15-34(16-26)22(37)5-2/h4-5,11,13-14,20,29H,1-2,6-10,15-16H2,3H3. The molecule has 2 saturated heterocycles. The van der Waals surface area contributed by atoms with Gasteiger partial charge in [0.1, 0.15) is 17.3 Å². The number of rotatable bonds is 7. The van der Waals surface area contributed by atoms with Crippen molar-refractivity contribution >= 4 is 23.0 Å². The molecular formula is C26H28FN9O2. The summed E-state index contributed by atoms with van der Waals surface area (Å²) >= 11 is 0. The summed E-state index contributed by atoms with van der Waals surface area (Å²) in [5.74, 6) is -0.938. The molecule has 38 heavy (non-hydrogen) atoms. The minimum absolute atomic E-state index is 0.00748. The molecule has 2 amide bonds. The number of nitrogens with zero attached hydrogens (tertiary/aromatic N) is 8. The monoisotopic (exact) mass is 517 g/mol. The van der Waals surface area contributed by atoms with Crippen molar-refractivity contribution < 1.29 is 14.0 Å². The predicted molar refractivity (Wildman–Crippen MR) is 138 cm³/mol. The zero-order chi connectivity index (χ0) is 27.0. The van der Waals surface area contributed by atoms with Crippen LogP contribution in [0.5, 0.6) is 0 Å². The minimum atomic E-state index is -2.03. The Balaban J connectivity index is 1.31. The number of alkyl halides is 1. The van der Waals surface area contributed by atoms with E-state index >= 15 is 4.39 Å². The van der Waals surface area contributed by atoms with E-state index in [2.05, 4.69) is 40.0 Å². The summed E-state index contributed by atoms with van der Waals surface area (Å²) in [5, 5.41) is 25.9. The summed E-state index contributed by atoms with van der Waals surface area (Å²) in [7, 11) is 0. The van der Waals surface area contributed by atoms with E-state index in [9.17, 15) is 14.9 Å². The highest BCUT2D eigenvalue weighted by Gasteiger charge is 2.53. The molecule has 2 fully saturated rings. The summed E-state index contributed by atoms with van der Waals surface area (Å²) in [4.78, 5) is 27.3. The topological polar surface area (TPSA) is 124 Å². The van der Waals surface area contributed by atoms with Crippen molar-refractivity contribution in [3.05, 3.63) is 55.0 Å². The van der Waals surface area contributed by atoms with Crippen molar-refractivity contribution in [3.63, 3.8) is 0 Å². The van der Waals surface area contributed by atoms with Gasteiger partial charge in [-0.2, -0.15) is 10.4 Å². The van der Waals surface area contributed by atoms with Crippen LogP contribution in [-0.2, 0) is 9.59 Å². The van der Waals surface area contributed by atoms with Crippen molar-refractivity contribution in [2.45, 2.75) is 31.5 Å². The number of amides is 2. The molecule has 12 heteroatoms. The van der Waals surface area contributed by atoms with Crippen LogP contribution in [0, 0.1) is 18.3 Å². The fraction of sp³-hybridized carbons (Fsp3) is 0.385. The molecule has 5 rings (SSSR count). The third-order valence-electron chi connectivity index (χ3n) is 7.22. The molecule has 0 atom stereocenters. The Morgan fingerprint density at radius 1 is 1.29 bits per heavy atom. The maximum Gasteiger partial charge on any atom is 0.264 e. The van der Waals surface area contributed by atoms with Crippen LogP contribution >= 0.6 is 0 Å². The Hall–Kier alpha value is -4.53. The lowest BCUT2D eigenvalue weighted by atomic mass is 9.92. The van der Waals surface area contributed by atoms with E-state index < -0.39 is 11.6 Å². The lowest BCUT2D eigenvalue weighted by Gasteiger charge is -2.45. The Kier molecular flexibility index (Phi) is 6.44. The molecule has 0 unspecified atom stereocenters. The van der Waals surface area contributed by atoms with E-state index in [1.54, 1.807) is 10.6 Å². The molecule has 0 saturated carbocycles. The number of fused-ring (bicyclic) bond motifs is 1. The van der Waals surface area contributed by atoms with Gasteiger partial charge >= 0.3 is 0 Å². The minimum Gasteiger partial charge on any atom is -0.380 e. The second-order valence-corrected chi connectivity index (χ2v) is 9.63. The third-order valence-corrected chi connectivity index (χ3v) is 7.22. The van der Waals surface area contributed by atoms with Gasteiger partial charge in [0.05, 0.1) is 42.3 Å². The van der Waals surface area contributed by atoms with E-state index in [0.29, 0.717) is 49.2 Å². The van der Waals surface area contributed by atoms with E-state index in [4.69, 9.17) is 0 Å². The number of carbonyl (C=O) groups is 2. The quantitative estimate of drug-likeness (QED) is 0.377. The zero-order valence-electron chi connectivity index (χ0n) is 21.1. The van der Waals surface area contributed by atoms with E-state index in [-0.39, 0.29) is 25.0 Å². The first-order valence-electron chi connectivity index (χ1n) is 12.4. The molecule has 2 aliphatic rings. The molecule has 1 N–H and O–H groups in total. The number of nitrogens with one attached hydrogen (secondary N) is 1. The fourth-order valence-corrected chi connectivity index (χ4v) is 5.18. The molecule has 3 aromatic rings. The smallest absolute Gasteiger partial charge is 0.264 e. The van der Waals surface area contributed by atoms with Gasteiger partial charge in [0.2, 0.25) is 11.6 Å². The van der Waals surface area contributed by atoms with Crippen molar-refractivity contribution in [2.75, 3.05) is 38.0 Å². The summed E-state index contributed by atoms with van der Waals surface area (Å²) < 4.78 is 18.6. The first-order valence-corrected chi connectivity index (χ1v) is 12.4. The summed E-state index contributed by atoms with van der Waals surface area (Å²) in [6.45, 7) is 9.92. The van der Waals surface area contributed by atoms with E-state index in [1.165, 1.54) is 16.0 Å². The predicted octanol–water partition coefficient (Wildman–Crippen LogP) is 2.27. The molecule has 0 radical (unpaired) electrons. The number of carbonyl (C=O) groups excluding carboxylic acids is 2. The van der Waals surface area contributed by atoms with Crippen molar-refractivity contribution in [2.24, 2.45) is 0 Å². The third kappa shape index (κ3) is 4.19. The maximum absolute atomic E-state index is 15.1. The van der Waals surface area contributed by atoms with Crippen LogP contribution in [-0.4, -0.2) is 84.6 Å². The maximum atomic E-state index is 15.1. The highest BCUT2D eigenvalue weighted by Crippen LogP contribution is 2.33. The number of anilines is 1. The van der Waals surface area contributed by atoms with Gasteiger partial charge in [-0.3, -0.25) is 9.59 Å². The molecule has 11 nitrogen and oxygen atoms in total. The number of nitriles is 1. The summed E-state index contributed by atoms with van der Waals surface area (Å²) in [5.41, 5.74) is 2.17. The lowest BCUT2D eigenvalue weighted by molar-refractivity contribution is -0.162. The van der Waals surface area contributed by atoms with Gasteiger partial charge in [0, 0.05) is 31.4 Å². The van der Waals surface area contributed by atoms with Crippen LogP contribution in [0.1, 0.15) is 30.1 Å². The number of likely N-dealkylation sites (tertiary alicyclic amines) is 2. The van der Waals surface area contributed by atoms with Crippen LogP contribution in [0.15, 0.2) is 43.8 Å². The first-order chi connectivity index (χ1) is 18.3. The van der Waals surface area contributed by atoms with Crippen LogP contribution in [0.3, 0.4) is 0 Å². The SMILES string of the molecule is C=CCNc1cc(-c2nnn(C3CCN(C(=O)C4(F)CN(C(=O)C=C)C4)CC3)c2C)cn2ncc(C#N)c12. The van der Waals surface area contributed by atoms with Gasteiger partial charge in [0.15, 0.2) is 0 Å². The van der Waals surface area contributed by atoms with Crippen LogP contribution in [0.4, 0.5) is 10.1 Å². The number of aromatic nitrogens is 5. The Labute approximate surface area is 218 Å². The molecule has 196 valence electrons. The van der Waals surface area contributed by atoms with E-state index in [0.717, 1.165) is 23.0 Å². The van der Waals surface area contributed by atoms with Crippen molar-refractivity contribution in [1.82, 2.24) is 34.4 Å².